The summed E-state index contributed by atoms with van der Waals surface area (Å²) in [6, 6.07) is 4.43. The van der Waals surface area contributed by atoms with Crippen LogP contribution in [0.2, 0.25) is 5.02 Å². The minimum absolute atomic E-state index is 0.0938. The molecular weight excluding hydrogens is 481 g/mol. The zero-order chi connectivity index (χ0) is 25.4. The van der Waals surface area contributed by atoms with Crippen molar-refractivity contribution in [3.63, 3.8) is 0 Å². The molecule has 3 aromatic rings. The Morgan fingerprint density at radius 3 is 2.35 bits per heavy atom. The van der Waals surface area contributed by atoms with Crippen LogP contribution in [0.25, 0.3) is 0 Å². The van der Waals surface area contributed by atoms with E-state index in [2.05, 4.69) is 10.3 Å². The number of carbonyl (C=O) groups excluding carboxylic acids is 2. The van der Waals surface area contributed by atoms with E-state index in [0.717, 1.165) is 0 Å². The maximum Gasteiger partial charge on any atom is 0.416 e. The average molecular weight is 500 g/mol. The van der Waals surface area contributed by atoms with E-state index in [1.54, 1.807) is 13.8 Å². The van der Waals surface area contributed by atoms with Crippen LogP contribution in [0.4, 0.5) is 27.8 Å². The Bertz CT molecular complexity index is 1260. The first-order chi connectivity index (χ1) is 15.8. The number of carbonyl (C=O) groups is 2. The van der Waals surface area contributed by atoms with Crippen molar-refractivity contribution in [2.75, 3.05) is 5.32 Å². The van der Waals surface area contributed by atoms with Crippen LogP contribution in [-0.4, -0.2) is 21.2 Å². The highest BCUT2D eigenvalue weighted by atomic mass is 35.5. The Kier molecular flexibility index (Phi) is 7.11. The fourth-order valence-corrected chi connectivity index (χ4v) is 3.74. The van der Waals surface area contributed by atoms with Gasteiger partial charge in [-0.05, 0) is 55.8 Å². The van der Waals surface area contributed by atoms with Crippen LogP contribution < -0.4 is 5.32 Å². The molecule has 1 aromatic heterocycles. The molecule has 11 heteroatoms. The summed E-state index contributed by atoms with van der Waals surface area (Å²) in [6.45, 7) is 4.57. The van der Waals surface area contributed by atoms with Crippen LogP contribution in [0, 0.1) is 11.6 Å². The highest BCUT2D eigenvalue weighted by molar-refractivity contribution is 6.31. The number of nitrogens with zero attached hydrogens (tertiary/aromatic N) is 2. The molecule has 2 atom stereocenters. The topological polar surface area (TPSA) is 64.0 Å². The predicted molar refractivity (Wildman–Crippen MR) is 116 cm³/mol. The number of ketones is 1. The molecule has 0 bridgehead atoms. The van der Waals surface area contributed by atoms with E-state index in [-0.39, 0.29) is 28.4 Å². The van der Waals surface area contributed by atoms with E-state index in [1.807, 2.05) is 0 Å². The molecule has 34 heavy (non-hydrogen) atoms. The molecule has 0 unspecified atom stereocenters. The summed E-state index contributed by atoms with van der Waals surface area (Å²) in [4.78, 5) is 28.9. The van der Waals surface area contributed by atoms with Crippen LogP contribution in [0.1, 0.15) is 59.9 Å². The van der Waals surface area contributed by atoms with Gasteiger partial charge in [-0.1, -0.05) is 18.5 Å². The van der Waals surface area contributed by atoms with Crippen LogP contribution in [0.5, 0.6) is 0 Å². The molecule has 0 saturated carbocycles. The van der Waals surface area contributed by atoms with Gasteiger partial charge in [0, 0.05) is 16.5 Å². The van der Waals surface area contributed by atoms with Gasteiger partial charge in [0.1, 0.15) is 11.6 Å². The fraction of sp³-hybridized carbons (Fsp3) is 0.261. The van der Waals surface area contributed by atoms with Gasteiger partial charge in [0.15, 0.2) is 11.6 Å². The summed E-state index contributed by atoms with van der Waals surface area (Å²) in [5.74, 6) is -3.89. The Labute approximate surface area is 196 Å². The molecule has 1 amide bonds. The van der Waals surface area contributed by atoms with Gasteiger partial charge in [0.25, 0.3) is 5.91 Å². The maximum atomic E-state index is 13.9. The predicted octanol–water partition coefficient (Wildman–Crippen LogP) is 6.39. The average Bonchev–Trinajstić information content (AvgIpc) is 3.16. The summed E-state index contributed by atoms with van der Waals surface area (Å²) < 4.78 is 68.3. The van der Waals surface area contributed by atoms with Crippen LogP contribution in [0.3, 0.4) is 0 Å². The number of nitrogens with one attached hydrogen (secondary N) is 1. The Hall–Kier alpha value is -3.27. The molecule has 1 heterocycles. The number of aromatic nitrogens is 2. The number of hydrogen-bond acceptors (Lipinski definition) is 3. The quantitative estimate of drug-likeness (QED) is 0.400. The third-order valence-electron chi connectivity index (χ3n) is 5.39. The minimum atomic E-state index is -4.86. The maximum absolute atomic E-state index is 13.9. The Morgan fingerprint density at radius 2 is 1.74 bits per heavy atom. The molecule has 0 fully saturated rings. The third kappa shape index (κ3) is 5.27. The lowest BCUT2D eigenvalue weighted by molar-refractivity contribution is -0.137. The van der Waals surface area contributed by atoms with Crippen molar-refractivity contribution in [3.05, 3.63) is 81.8 Å². The summed E-state index contributed by atoms with van der Waals surface area (Å²) in [6.07, 6.45) is -3.59. The normalized spacial score (nSPS) is 13.4. The lowest BCUT2D eigenvalue weighted by Gasteiger charge is -2.21. The minimum Gasteiger partial charge on any atom is -0.322 e. The molecule has 0 spiro atoms. The smallest absolute Gasteiger partial charge is 0.322 e. The number of imidazole rings is 1. The van der Waals surface area contributed by atoms with E-state index in [0.29, 0.717) is 17.7 Å². The van der Waals surface area contributed by atoms with Crippen LogP contribution >= 0.6 is 11.6 Å². The lowest BCUT2D eigenvalue weighted by atomic mass is 9.96. The number of alkyl halides is 3. The van der Waals surface area contributed by atoms with Gasteiger partial charge in [-0.15, -0.1) is 0 Å². The van der Waals surface area contributed by atoms with Crippen molar-refractivity contribution in [2.45, 2.75) is 38.9 Å². The highest BCUT2D eigenvalue weighted by Gasteiger charge is 2.32. The molecule has 0 aliphatic carbocycles. The van der Waals surface area contributed by atoms with E-state index < -0.39 is 46.8 Å². The van der Waals surface area contributed by atoms with E-state index in [4.69, 9.17) is 11.6 Å². The Morgan fingerprint density at radius 1 is 1.06 bits per heavy atom. The van der Waals surface area contributed by atoms with Gasteiger partial charge in [0.2, 0.25) is 0 Å². The van der Waals surface area contributed by atoms with Crippen LogP contribution in [0.15, 0.2) is 42.7 Å². The van der Waals surface area contributed by atoms with Crippen molar-refractivity contribution in [1.29, 1.82) is 0 Å². The number of benzene rings is 2. The molecule has 3 rings (SSSR count). The van der Waals surface area contributed by atoms with E-state index in [1.165, 1.54) is 36.0 Å². The zero-order valence-electron chi connectivity index (χ0n) is 18.2. The largest absolute Gasteiger partial charge is 0.416 e. The van der Waals surface area contributed by atoms with Gasteiger partial charge in [0.05, 0.1) is 23.6 Å². The van der Waals surface area contributed by atoms with Gasteiger partial charge in [-0.2, -0.15) is 13.2 Å². The monoisotopic (exact) mass is 499 g/mol. The summed E-state index contributed by atoms with van der Waals surface area (Å²) >= 11 is 6.24. The third-order valence-corrected chi connectivity index (χ3v) is 5.74. The molecule has 5 nitrogen and oxygen atoms in total. The number of anilines is 1. The van der Waals surface area contributed by atoms with Crippen LogP contribution in [-0.2, 0) is 11.0 Å². The molecule has 0 aliphatic rings. The number of amides is 1. The first kappa shape index (κ1) is 25.4. The second-order valence-corrected chi connectivity index (χ2v) is 8.15. The van der Waals surface area contributed by atoms with Crippen molar-refractivity contribution in [2.24, 2.45) is 0 Å². The standard InChI is InChI=1S/C23H19ClF5N3O2/c1-11(18-9-16(25)4-5-19(18)24)20-21(30-10-32(20)12(2)13(3)33)31-22(34)14-6-15(23(27,28)29)8-17(26)7-14/h4-12H,1-3H3,(H,31,34)/t11-,12+/m0/s1. The first-order valence-electron chi connectivity index (χ1n) is 10.0. The molecule has 180 valence electrons. The second kappa shape index (κ2) is 9.54. The number of hydrogen-bond donors (Lipinski definition) is 1. The molecular formula is C23H19ClF5N3O2. The molecule has 0 saturated heterocycles. The van der Waals surface area contributed by atoms with Crippen molar-refractivity contribution in [1.82, 2.24) is 9.55 Å². The Balaban J connectivity index is 2.08. The number of rotatable bonds is 6. The number of halogens is 6. The second-order valence-electron chi connectivity index (χ2n) is 7.74. The summed E-state index contributed by atoms with van der Waals surface area (Å²) in [5, 5.41) is 2.60. The highest BCUT2D eigenvalue weighted by Crippen LogP contribution is 2.36. The lowest BCUT2D eigenvalue weighted by Crippen LogP contribution is -2.20. The summed E-state index contributed by atoms with van der Waals surface area (Å²) in [5.41, 5.74) is -1.31. The molecule has 2 aromatic carbocycles. The van der Waals surface area contributed by atoms with E-state index in [9.17, 15) is 31.5 Å². The van der Waals surface area contributed by atoms with E-state index >= 15 is 0 Å². The molecule has 0 aliphatic heterocycles. The summed E-state index contributed by atoms with van der Waals surface area (Å²) in [7, 11) is 0. The van der Waals surface area contributed by atoms with Crippen molar-refractivity contribution in [3.8, 4) is 0 Å². The number of Topliss-reactive ketones (excluding diaryl/α,β-unsaturated/α-hetero) is 1. The van der Waals surface area contributed by atoms with Crippen molar-refractivity contribution >= 4 is 29.1 Å². The van der Waals surface area contributed by atoms with Gasteiger partial charge < -0.3 is 9.88 Å². The molecule has 1 N–H and O–H groups in total. The van der Waals surface area contributed by atoms with Gasteiger partial charge in [-0.3, -0.25) is 9.59 Å². The fourth-order valence-electron chi connectivity index (χ4n) is 3.46. The van der Waals surface area contributed by atoms with Gasteiger partial charge in [-0.25, -0.2) is 13.8 Å². The zero-order valence-corrected chi connectivity index (χ0v) is 18.9. The first-order valence-corrected chi connectivity index (χ1v) is 10.4. The van der Waals surface area contributed by atoms with Gasteiger partial charge >= 0.3 is 6.18 Å². The molecule has 0 radical (unpaired) electrons. The van der Waals surface area contributed by atoms with Crippen molar-refractivity contribution < 1.29 is 31.5 Å². The SMILES string of the molecule is CC(=O)[C@@H](C)n1cnc(NC(=O)c2cc(F)cc(C(F)(F)F)c2)c1[C@@H](C)c1cc(F)ccc1Cl.